The highest BCUT2D eigenvalue weighted by atomic mass is 32.1. The van der Waals surface area contributed by atoms with Gasteiger partial charge in [0.1, 0.15) is 10.7 Å². The van der Waals surface area contributed by atoms with Gasteiger partial charge in [-0.25, -0.2) is 15.0 Å². The van der Waals surface area contributed by atoms with E-state index in [-0.39, 0.29) is 17.7 Å². The highest BCUT2D eigenvalue weighted by Gasteiger charge is 2.29. The van der Waals surface area contributed by atoms with Crippen LogP contribution in [0.2, 0.25) is 0 Å². The van der Waals surface area contributed by atoms with Crippen molar-refractivity contribution in [1.82, 2.24) is 25.2 Å². The number of thiazole rings is 1. The molecule has 0 radical (unpaired) electrons. The number of rotatable bonds is 5. The smallest absolute Gasteiger partial charge is 0.265 e. The first kappa shape index (κ1) is 21.1. The molecular formula is C23H25N5O2S. The normalized spacial score (nSPS) is 16.2. The Labute approximate surface area is 185 Å². The van der Waals surface area contributed by atoms with E-state index in [0.717, 1.165) is 30.6 Å². The Morgan fingerprint density at radius 1 is 1.16 bits per heavy atom. The van der Waals surface area contributed by atoms with Gasteiger partial charge in [0.2, 0.25) is 0 Å². The number of carbonyl (C=O) groups is 2. The Balaban J connectivity index is 1.43. The Bertz CT molecular complexity index is 1080. The maximum Gasteiger partial charge on any atom is 0.265 e. The average Bonchev–Trinajstić information content (AvgIpc) is 3.23. The summed E-state index contributed by atoms with van der Waals surface area (Å²) >= 11 is 1.38. The van der Waals surface area contributed by atoms with Crippen LogP contribution in [0, 0.1) is 13.8 Å². The Morgan fingerprint density at radius 3 is 2.68 bits per heavy atom. The van der Waals surface area contributed by atoms with E-state index in [1.807, 2.05) is 49.1 Å². The fourth-order valence-corrected chi connectivity index (χ4v) is 4.57. The van der Waals surface area contributed by atoms with Gasteiger partial charge in [-0.1, -0.05) is 30.3 Å². The minimum Gasteiger partial charge on any atom is -0.348 e. The third kappa shape index (κ3) is 4.80. The summed E-state index contributed by atoms with van der Waals surface area (Å²) in [7, 11) is 0. The van der Waals surface area contributed by atoms with Crippen LogP contribution in [0.5, 0.6) is 0 Å². The summed E-state index contributed by atoms with van der Waals surface area (Å²) in [6, 6.07) is 9.77. The number of hydrogen-bond donors (Lipinski definition) is 1. The van der Waals surface area contributed by atoms with Crippen LogP contribution < -0.4 is 5.32 Å². The number of piperidine rings is 1. The summed E-state index contributed by atoms with van der Waals surface area (Å²) in [6.45, 7) is 5.45. The van der Waals surface area contributed by atoms with E-state index >= 15 is 0 Å². The fraction of sp³-hybridized carbons (Fsp3) is 0.348. The third-order valence-corrected chi connectivity index (χ3v) is 6.47. The minimum atomic E-state index is -0.186. The van der Waals surface area contributed by atoms with Crippen molar-refractivity contribution in [1.29, 1.82) is 0 Å². The third-order valence-electron chi connectivity index (χ3n) is 5.55. The van der Waals surface area contributed by atoms with Gasteiger partial charge >= 0.3 is 0 Å². The molecule has 8 heteroatoms. The molecule has 1 N–H and O–H groups in total. The number of nitrogens with zero attached hydrogens (tertiary/aromatic N) is 4. The molecule has 2 aromatic heterocycles. The number of aryl methyl sites for hydroxylation is 2. The van der Waals surface area contributed by atoms with Crippen molar-refractivity contribution >= 4 is 23.2 Å². The molecule has 0 spiro atoms. The summed E-state index contributed by atoms with van der Waals surface area (Å²) in [4.78, 5) is 41.3. The Kier molecular flexibility index (Phi) is 6.36. The number of benzene rings is 1. The van der Waals surface area contributed by atoms with Gasteiger partial charge in [0.15, 0.2) is 0 Å². The number of aromatic nitrogens is 3. The zero-order valence-corrected chi connectivity index (χ0v) is 18.5. The monoisotopic (exact) mass is 435 g/mol. The van der Waals surface area contributed by atoms with Crippen molar-refractivity contribution in [2.45, 2.75) is 39.2 Å². The molecule has 7 nitrogen and oxygen atoms in total. The SMILES string of the molecule is Cc1nc([C@@H]2CCCN(C(=O)c3scnc3C)C2)ncc1C(=O)NCc1ccccc1. The first-order chi connectivity index (χ1) is 15.0. The second-order valence-electron chi connectivity index (χ2n) is 7.75. The predicted molar refractivity (Wildman–Crippen MR) is 119 cm³/mol. The van der Waals surface area contributed by atoms with E-state index < -0.39 is 0 Å². The van der Waals surface area contributed by atoms with Gasteiger partial charge in [0, 0.05) is 31.7 Å². The van der Waals surface area contributed by atoms with E-state index in [9.17, 15) is 9.59 Å². The van der Waals surface area contributed by atoms with Crippen molar-refractivity contribution in [3.63, 3.8) is 0 Å². The molecular weight excluding hydrogens is 410 g/mol. The molecule has 1 atom stereocenters. The summed E-state index contributed by atoms with van der Waals surface area (Å²) in [5, 5.41) is 2.92. The molecule has 1 aliphatic heterocycles. The van der Waals surface area contributed by atoms with Crippen LogP contribution in [0.4, 0.5) is 0 Å². The lowest BCUT2D eigenvalue weighted by Crippen LogP contribution is -2.39. The zero-order chi connectivity index (χ0) is 21.8. The molecule has 3 heterocycles. The standard InChI is InChI=1S/C23H25N5O2S/c1-15-19(22(29)25-11-17-7-4-3-5-8-17)12-24-21(27-15)18-9-6-10-28(13-18)23(30)20-16(2)26-14-31-20/h3-5,7-8,12,14,18H,6,9-11,13H2,1-2H3,(H,25,29)/t18-/m1/s1. The summed E-state index contributed by atoms with van der Waals surface area (Å²) in [5.74, 6) is 0.592. The maximum atomic E-state index is 12.9. The molecule has 4 rings (SSSR count). The zero-order valence-electron chi connectivity index (χ0n) is 17.7. The largest absolute Gasteiger partial charge is 0.348 e. The lowest BCUT2D eigenvalue weighted by molar-refractivity contribution is 0.0708. The number of likely N-dealkylation sites (tertiary alicyclic amines) is 1. The summed E-state index contributed by atoms with van der Waals surface area (Å²) in [6.07, 6.45) is 3.42. The molecule has 1 aliphatic rings. The first-order valence-corrected chi connectivity index (χ1v) is 11.3. The van der Waals surface area contributed by atoms with E-state index in [2.05, 4.69) is 20.3 Å². The second-order valence-corrected chi connectivity index (χ2v) is 8.61. The highest BCUT2D eigenvalue weighted by Crippen LogP contribution is 2.27. The van der Waals surface area contributed by atoms with E-state index in [1.165, 1.54) is 11.3 Å². The van der Waals surface area contributed by atoms with Crippen molar-refractivity contribution in [2.24, 2.45) is 0 Å². The Hall–Kier alpha value is -3.13. The molecule has 160 valence electrons. The average molecular weight is 436 g/mol. The van der Waals surface area contributed by atoms with E-state index in [4.69, 9.17) is 0 Å². The lowest BCUT2D eigenvalue weighted by Gasteiger charge is -2.32. The molecule has 0 unspecified atom stereocenters. The second kappa shape index (κ2) is 9.34. The van der Waals surface area contributed by atoms with Gasteiger partial charge in [-0.2, -0.15) is 0 Å². The van der Waals surface area contributed by atoms with Gasteiger partial charge in [0.25, 0.3) is 11.8 Å². The molecule has 0 bridgehead atoms. The molecule has 0 saturated carbocycles. The molecule has 1 saturated heterocycles. The van der Waals surface area contributed by atoms with Gasteiger partial charge in [-0.05, 0) is 32.3 Å². The maximum absolute atomic E-state index is 12.9. The highest BCUT2D eigenvalue weighted by molar-refractivity contribution is 7.11. The van der Waals surface area contributed by atoms with Gasteiger partial charge in [-0.15, -0.1) is 11.3 Å². The van der Waals surface area contributed by atoms with Crippen LogP contribution in [0.1, 0.15) is 61.6 Å². The molecule has 3 aromatic rings. The van der Waals surface area contributed by atoms with Crippen molar-refractivity contribution in [3.8, 4) is 0 Å². The Morgan fingerprint density at radius 2 is 1.97 bits per heavy atom. The molecule has 1 fully saturated rings. The minimum absolute atomic E-state index is 0.0262. The summed E-state index contributed by atoms with van der Waals surface area (Å²) in [5.41, 5.74) is 4.64. The molecule has 31 heavy (non-hydrogen) atoms. The van der Waals surface area contributed by atoms with Crippen molar-refractivity contribution in [3.05, 3.63) is 75.3 Å². The number of amides is 2. The predicted octanol–water partition coefficient (Wildman–Crippen LogP) is 3.50. The topological polar surface area (TPSA) is 88.1 Å². The van der Waals surface area contributed by atoms with Crippen molar-refractivity contribution in [2.75, 3.05) is 13.1 Å². The van der Waals surface area contributed by atoms with Crippen LogP contribution in [0.25, 0.3) is 0 Å². The lowest BCUT2D eigenvalue weighted by atomic mass is 9.96. The van der Waals surface area contributed by atoms with Crippen LogP contribution in [0.15, 0.2) is 42.0 Å². The quantitative estimate of drug-likeness (QED) is 0.663. The van der Waals surface area contributed by atoms with Crippen molar-refractivity contribution < 1.29 is 9.59 Å². The first-order valence-electron chi connectivity index (χ1n) is 10.4. The van der Waals surface area contributed by atoms with E-state index in [1.54, 1.807) is 11.7 Å². The number of nitrogens with one attached hydrogen (secondary N) is 1. The number of carbonyl (C=O) groups excluding carboxylic acids is 2. The molecule has 2 amide bonds. The van der Waals surface area contributed by atoms with Gasteiger partial charge < -0.3 is 10.2 Å². The van der Waals surface area contributed by atoms with Gasteiger partial charge in [-0.3, -0.25) is 9.59 Å². The van der Waals surface area contributed by atoms with Gasteiger partial charge in [0.05, 0.1) is 22.5 Å². The van der Waals surface area contributed by atoms with E-state index in [0.29, 0.717) is 35.0 Å². The van der Waals surface area contributed by atoms with Crippen LogP contribution in [-0.4, -0.2) is 44.8 Å². The summed E-state index contributed by atoms with van der Waals surface area (Å²) < 4.78 is 0. The number of hydrogen-bond acceptors (Lipinski definition) is 6. The van der Waals surface area contributed by atoms with Crippen LogP contribution >= 0.6 is 11.3 Å². The molecule has 0 aliphatic carbocycles. The molecule has 1 aromatic carbocycles. The fourth-order valence-electron chi connectivity index (χ4n) is 3.80. The van der Waals surface area contributed by atoms with Crippen LogP contribution in [-0.2, 0) is 6.54 Å². The van der Waals surface area contributed by atoms with Crippen LogP contribution in [0.3, 0.4) is 0 Å².